The average Bonchev–Trinajstić information content (AvgIpc) is 2.91. The van der Waals surface area contributed by atoms with Gasteiger partial charge in [0.25, 0.3) is 0 Å². The first kappa shape index (κ1) is 12.9. The molecule has 1 aliphatic carbocycles. The van der Waals surface area contributed by atoms with Crippen LogP contribution in [0.25, 0.3) is 0 Å². The molecule has 5 nitrogen and oxygen atoms in total. The summed E-state index contributed by atoms with van der Waals surface area (Å²) < 4.78 is 0. The second-order valence-corrected chi connectivity index (χ2v) is 5.69. The van der Waals surface area contributed by atoms with Gasteiger partial charge in [-0.25, -0.2) is 0 Å². The highest BCUT2D eigenvalue weighted by molar-refractivity contribution is 5.51. The van der Waals surface area contributed by atoms with Crippen LogP contribution in [0.4, 0.5) is 17.6 Å². The van der Waals surface area contributed by atoms with Gasteiger partial charge in [-0.05, 0) is 24.2 Å². The van der Waals surface area contributed by atoms with Crippen LogP contribution in [0, 0.1) is 11.3 Å². The van der Waals surface area contributed by atoms with Crippen molar-refractivity contribution in [1.29, 1.82) is 0 Å². The second kappa shape index (κ2) is 5.00. The molecule has 1 unspecified atom stereocenters. The summed E-state index contributed by atoms with van der Waals surface area (Å²) in [6.45, 7) is 8.55. The topological polar surface area (TPSA) is 75.9 Å². The van der Waals surface area contributed by atoms with Gasteiger partial charge in [-0.3, -0.25) is 0 Å². The summed E-state index contributed by atoms with van der Waals surface area (Å²) in [6.07, 6.45) is 2.34. The number of hydrogen-bond donors (Lipinski definition) is 3. The highest BCUT2D eigenvalue weighted by Gasteiger charge is 2.44. The highest BCUT2D eigenvalue weighted by atomic mass is 15.1. The van der Waals surface area contributed by atoms with Crippen LogP contribution in [0.3, 0.4) is 0 Å². The Balaban J connectivity index is 1.93. The molecule has 1 aromatic rings. The average molecular weight is 249 g/mol. The summed E-state index contributed by atoms with van der Waals surface area (Å²) >= 11 is 0. The van der Waals surface area contributed by atoms with Crippen molar-refractivity contribution in [1.82, 2.24) is 9.97 Å². The molecule has 0 aromatic carbocycles. The molecule has 0 spiro atoms. The number of nitrogens with one attached hydrogen (secondary N) is 2. The van der Waals surface area contributed by atoms with Gasteiger partial charge in [0.2, 0.25) is 5.95 Å². The maximum Gasteiger partial charge on any atom is 0.223 e. The lowest BCUT2D eigenvalue weighted by Crippen LogP contribution is -2.11. The van der Waals surface area contributed by atoms with E-state index in [2.05, 4.69) is 41.4 Å². The minimum Gasteiger partial charge on any atom is -0.370 e. The molecular formula is C13H23N5. The molecular weight excluding hydrogens is 226 g/mol. The fourth-order valence-corrected chi connectivity index (χ4v) is 2.05. The van der Waals surface area contributed by atoms with Crippen LogP contribution in [0.2, 0.25) is 0 Å². The zero-order chi connectivity index (χ0) is 13.2. The SMILES string of the molecule is CCCNc1cc(NCC2CC2(C)C)nc(N)n1. The van der Waals surface area contributed by atoms with Crippen molar-refractivity contribution < 1.29 is 0 Å². The van der Waals surface area contributed by atoms with Crippen molar-refractivity contribution in [2.45, 2.75) is 33.6 Å². The molecule has 0 amide bonds. The molecule has 1 aromatic heterocycles. The van der Waals surface area contributed by atoms with Crippen molar-refractivity contribution in [3.8, 4) is 0 Å². The molecule has 0 radical (unpaired) electrons. The Morgan fingerprint density at radius 2 is 1.94 bits per heavy atom. The van der Waals surface area contributed by atoms with Crippen molar-refractivity contribution in [2.24, 2.45) is 11.3 Å². The van der Waals surface area contributed by atoms with Crippen molar-refractivity contribution in [2.75, 3.05) is 29.5 Å². The fourth-order valence-electron chi connectivity index (χ4n) is 2.05. The van der Waals surface area contributed by atoms with Gasteiger partial charge in [0.15, 0.2) is 0 Å². The van der Waals surface area contributed by atoms with Gasteiger partial charge < -0.3 is 16.4 Å². The van der Waals surface area contributed by atoms with Crippen LogP contribution in [0.15, 0.2) is 6.07 Å². The minimum atomic E-state index is 0.314. The lowest BCUT2D eigenvalue weighted by Gasteiger charge is -2.10. The summed E-state index contributed by atoms with van der Waals surface area (Å²) in [4.78, 5) is 8.36. The summed E-state index contributed by atoms with van der Waals surface area (Å²) in [5.74, 6) is 2.65. The maximum absolute atomic E-state index is 5.70. The van der Waals surface area contributed by atoms with Crippen LogP contribution in [-0.4, -0.2) is 23.1 Å². The van der Waals surface area contributed by atoms with Crippen molar-refractivity contribution in [3.63, 3.8) is 0 Å². The molecule has 1 fully saturated rings. The molecule has 0 aliphatic heterocycles. The number of rotatable bonds is 6. The molecule has 1 atom stereocenters. The molecule has 1 aliphatic rings. The van der Waals surface area contributed by atoms with E-state index in [0.717, 1.165) is 37.1 Å². The van der Waals surface area contributed by atoms with Gasteiger partial charge in [0.05, 0.1) is 0 Å². The van der Waals surface area contributed by atoms with E-state index in [1.165, 1.54) is 6.42 Å². The van der Waals surface area contributed by atoms with E-state index in [1.807, 2.05) is 6.07 Å². The van der Waals surface area contributed by atoms with Crippen LogP contribution in [0.5, 0.6) is 0 Å². The Hall–Kier alpha value is -1.52. The van der Waals surface area contributed by atoms with Crippen LogP contribution < -0.4 is 16.4 Å². The third-order valence-corrected chi connectivity index (χ3v) is 3.55. The number of anilines is 3. The van der Waals surface area contributed by atoms with Gasteiger partial charge in [0, 0.05) is 19.2 Å². The number of nitrogens with zero attached hydrogens (tertiary/aromatic N) is 2. The second-order valence-electron chi connectivity index (χ2n) is 5.69. The monoisotopic (exact) mass is 249 g/mol. The Bertz CT molecular complexity index is 416. The lowest BCUT2D eigenvalue weighted by molar-refractivity contribution is 0.573. The van der Waals surface area contributed by atoms with E-state index >= 15 is 0 Å². The minimum absolute atomic E-state index is 0.314. The molecule has 1 heterocycles. The van der Waals surface area contributed by atoms with E-state index in [-0.39, 0.29) is 0 Å². The molecule has 100 valence electrons. The summed E-state index contributed by atoms with van der Waals surface area (Å²) in [7, 11) is 0. The Labute approximate surface area is 109 Å². The van der Waals surface area contributed by atoms with Crippen molar-refractivity contribution in [3.05, 3.63) is 6.07 Å². The van der Waals surface area contributed by atoms with Crippen LogP contribution in [0.1, 0.15) is 33.6 Å². The molecule has 18 heavy (non-hydrogen) atoms. The largest absolute Gasteiger partial charge is 0.370 e. The Morgan fingerprint density at radius 3 is 2.50 bits per heavy atom. The Morgan fingerprint density at radius 1 is 1.33 bits per heavy atom. The van der Waals surface area contributed by atoms with Gasteiger partial charge >= 0.3 is 0 Å². The van der Waals surface area contributed by atoms with E-state index in [1.54, 1.807) is 0 Å². The van der Waals surface area contributed by atoms with Gasteiger partial charge in [-0.1, -0.05) is 20.8 Å². The van der Waals surface area contributed by atoms with Crippen LogP contribution in [-0.2, 0) is 0 Å². The normalized spacial score (nSPS) is 20.5. The number of nitrogens with two attached hydrogens (primary N) is 1. The third-order valence-electron chi connectivity index (χ3n) is 3.55. The first-order valence-corrected chi connectivity index (χ1v) is 6.63. The summed E-state index contributed by atoms with van der Waals surface area (Å²) in [6, 6.07) is 1.92. The molecule has 0 bridgehead atoms. The highest BCUT2D eigenvalue weighted by Crippen LogP contribution is 2.51. The number of nitrogen functional groups attached to an aromatic ring is 1. The van der Waals surface area contributed by atoms with Gasteiger partial charge in [0.1, 0.15) is 11.6 Å². The van der Waals surface area contributed by atoms with Gasteiger partial charge in [-0.2, -0.15) is 9.97 Å². The Kier molecular flexibility index (Phi) is 3.59. The van der Waals surface area contributed by atoms with Crippen molar-refractivity contribution >= 4 is 17.6 Å². The van der Waals surface area contributed by atoms with Crippen LogP contribution >= 0.6 is 0 Å². The zero-order valence-electron chi connectivity index (χ0n) is 11.5. The predicted molar refractivity (Wildman–Crippen MR) is 75.6 cm³/mol. The number of aromatic nitrogens is 2. The van der Waals surface area contributed by atoms with Gasteiger partial charge in [-0.15, -0.1) is 0 Å². The van der Waals surface area contributed by atoms with E-state index < -0.39 is 0 Å². The number of hydrogen-bond acceptors (Lipinski definition) is 5. The van der Waals surface area contributed by atoms with E-state index in [0.29, 0.717) is 11.4 Å². The first-order chi connectivity index (χ1) is 8.51. The smallest absolute Gasteiger partial charge is 0.223 e. The maximum atomic E-state index is 5.70. The van der Waals surface area contributed by atoms with E-state index in [4.69, 9.17) is 5.73 Å². The summed E-state index contributed by atoms with van der Waals surface area (Å²) in [5, 5.41) is 6.57. The third kappa shape index (κ3) is 3.24. The van der Waals surface area contributed by atoms with E-state index in [9.17, 15) is 0 Å². The lowest BCUT2D eigenvalue weighted by atomic mass is 10.1. The standard InChI is InChI=1S/C13H23N5/c1-4-5-15-10-6-11(18-12(14)17-10)16-8-9-7-13(9,2)3/h6,9H,4-5,7-8H2,1-3H3,(H4,14,15,16,17,18). The quantitative estimate of drug-likeness (QED) is 0.721. The molecule has 4 N–H and O–H groups in total. The fraction of sp³-hybridized carbons (Fsp3) is 0.692. The molecule has 2 rings (SSSR count). The molecule has 0 saturated heterocycles. The predicted octanol–water partition coefficient (Wildman–Crippen LogP) is 2.34. The summed E-state index contributed by atoms with van der Waals surface area (Å²) in [5.41, 5.74) is 6.19. The zero-order valence-corrected chi connectivity index (χ0v) is 11.5. The first-order valence-electron chi connectivity index (χ1n) is 6.63. The molecule has 1 saturated carbocycles. The molecule has 5 heteroatoms.